The van der Waals surface area contributed by atoms with Crippen LogP contribution in [0.3, 0.4) is 0 Å². The van der Waals surface area contributed by atoms with Gasteiger partial charge in [0.15, 0.2) is 0 Å². The summed E-state index contributed by atoms with van der Waals surface area (Å²) in [5.41, 5.74) is 0.441. The number of rotatable bonds is 6. The maximum atomic E-state index is 12.6. The Morgan fingerprint density at radius 2 is 1.74 bits per heavy atom. The first-order valence-corrected chi connectivity index (χ1v) is 9.37. The van der Waals surface area contributed by atoms with Gasteiger partial charge in [-0.3, -0.25) is 4.79 Å². The van der Waals surface area contributed by atoms with Gasteiger partial charge in [-0.15, -0.1) is 0 Å². The van der Waals surface area contributed by atoms with Gasteiger partial charge in [0.25, 0.3) is 5.91 Å². The highest BCUT2D eigenvalue weighted by Crippen LogP contribution is 2.20. The third-order valence-corrected chi connectivity index (χ3v) is 5.82. The molecule has 6 nitrogen and oxygen atoms in total. The summed E-state index contributed by atoms with van der Waals surface area (Å²) in [7, 11) is -1.90. The average molecular weight is 340 g/mol. The molecule has 0 spiro atoms. The zero-order valence-electron chi connectivity index (χ0n) is 13.5. The molecule has 128 valence electrons. The van der Waals surface area contributed by atoms with Crippen LogP contribution >= 0.6 is 0 Å². The van der Waals surface area contributed by atoms with E-state index in [9.17, 15) is 13.2 Å². The lowest BCUT2D eigenvalue weighted by molar-refractivity contribution is 0.0937. The predicted octanol–water partition coefficient (Wildman–Crippen LogP) is 1.63. The molecular weight excluding hydrogens is 316 g/mol. The van der Waals surface area contributed by atoms with Gasteiger partial charge in [0.2, 0.25) is 10.0 Å². The normalized spacial score (nSPS) is 16.7. The van der Waals surface area contributed by atoms with Crippen molar-refractivity contribution in [1.29, 1.82) is 0 Å². The molecule has 0 atom stereocenters. The van der Waals surface area contributed by atoms with Gasteiger partial charge in [-0.2, -0.15) is 4.31 Å². The zero-order chi connectivity index (χ0) is 16.7. The van der Waals surface area contributed by atoms with Crippen molar-refractivity contribution in [3.8, 4) is 0 Å². The fourth-order valence-electron chi connectivity index (χ4n) is 2.58. The van der Waals surface area contributed by atoms with Crippen molar-refractivity contribution in [3.05, 3.63) is 29.8 Å². The van der Waals surface area contributed by atoms with Gasteiger partial charge >= 0.3 is 0 Å². The number of benzene rings is 1. The van der Waals surface area contributed by atoms with Crippen LogP contribution in [0.5, 0.6) is 0 Å². The van der Waals surface area contributed by atoms with Crippen LogP contribution in [0, 0.1) is 0 Å². The molecule has 23 heavy (non-hydrogen) atoms. The van der Waals surface area contributed by atoms with Gasteiger partial charge in [-0.25, -0.2) is 8.42 Å². The summed E-state index contributed by atoms with van der Waals surface area (Å²) >= 11 is 0. The summed E-state index contributed by atoms with van der Waals surface area (Å²) in [4.78, 5) is 12.1. The second-order valence-electron chi connectivity index (χ2n) is 5.59. The van der Waals surface area contributed by atoms with Crippen molar-refractivity contribution < 1.29 is 17.9 Å². The molecule has 1 heterocycles. The smallest absolute Gasteiger partial charge is 0.251 e. The summed E-state index contributed by atoms with van der Waals surface area (Å²) in [6, 6.07) is 6.11. The number of hydrogen-bond acceptors (Lipinski definition) is 4. The third-order valence-electron chi connectivity index (χ3n) is 3.91. The molecule has 1 aromatic carbocycles. The van der Waals surface area contributed by atoms with E-state index in [1.54, 1.807) is 23.5 Å². The van der Waals surface area contributed by atoms with Crippen LogP contribution in [0.1, 0.15) is 36.0 Å². The molecule has 1 aliphatic heterocycles. The first-order valence-electron chi connectivity index (χ1n) is 7.93. The molecule has 0 saturated carbocycles. The standard InChI is InChI=1S/C16H24N2O4S/c1-22-13-10-17-16(19)14-6-8-15(9-7-14)23(20,21)18-11-4-2-3-5-12-18/h6-9H,2-5,10-13H2,1H3,(H,17,19). The molecule has 1 N–H and O–H groups in total. The van der Waals surface area contributed by atoms with E-state index in [-0.39, 0.29) is 10.8 Å². The molecule has 1 aliphatic rings. The van der Waals surface area contributed by atoms with Crippen molar-refractivity contribution in [3.63, 3.8) is 0 Å². The quantitative estimate of drug-likeness (QED) is 0.799. The van der Waals surface area contributed by atoms with E-state index in [4.69, 9.17) is 4.74 Å². The Labute approximate surface area is 137 Å². The van der Waals surface area contributed by atoms with Crippen molar-refractivity contribution in [2.24, 2.45) is 0 Å². The molecule has 0 unspecified atom stereocenters. The molecule has 1 saturated heterocycles. The first kappa shape index (κ1) is 17.9. The maximum Gasteiger partial charge on any atom is 0.251 e. The largest absolute Gasteiger partial charge is 0.383 e. The van der Waals surface area contributed by atoms with Crippen molar-refractivity contribution in [1.82, 2.24) is 9.62 Å². The second kappa shape index (κ2) is 8.42. The Kier molecular flexibility index (Phi) is 6.56. The van der Waals surface area contributed by atoms with Crippen LogP contribution in [0.15, 0.2) is 29.2 Å². The molecule has 0 aromatic heterocycles. The van der Waals surface area contributed by atoms with E-state index in [0.717, 1.165) is 25.7 Å². The summed E-state index contributed by atoms with van der Waals surface area (Å²) in [6.45, 7) is 2.00. The SMILES string of the molecule is COCCNC(=O)c1ccc(S(=O)(=O)N2CCCCCC2)cc1. The highest BCUT2D eigenvalue weighted by atomic mass is 32.2. The van der Waals surface area contributed by atoms with Gasteiger partial charge in [0.05, 0.1) is 11.5 Å². The van der Waals surface area contributed by atoms with E-state index in [0.29, 0.717) is 31.8 Å². The fourth-order valence-corrected chi connectivity index (χ4v) is 4.10. The van der Waals surface area contributed by atoms with Crippen molar-refractivity contribution in [2.75, 3.05) is 33.4 Å². The Balaban J connectivity index is 2.07. The number of ether oxygens (including phenoxy) is 1. The topological polar surface area (TPSA) is 75.7 Å². The number of carbonyl (C=O) groups excluding carboxylic acids is 1. The summed E-state index contributed by atoms with van der Waals surface area (Å²) in [5.74, 6) is -0.235. The van der Waals surface area contributed by atoms with Gasteiger partial charge in [-0.1, -0.05) is 12.8 Å². The first-order chi connectivity index (χ1) is 11.1. The molecule has 0 bridgehead atoms. The molecule has 0 radical (unpaired) electrons. The number of methoxy groups -OCH3 is 1. The van der Waals surface area contributed by atoms with Crippen molar-refractivity contribution in [2.45, 2.75) is 30.6 Å². The summed E-state index contributed by atoms with van der Waals surface area (Å²) in [6.07, 6.45) is 3.96. The Hall–Kier alpha value is -1.44. The van der Waals surface area contributed by atoms with E-state index in [2.05, 4.69) is 5.32 Å². The number of hydrogen-bond donors (Lipinski definition) is 1. The minimum atomic E-state index is -3.47. The van der Waals surface area contributed by atoms with Crippen LogP contribution < -0.4 is 5.32 Å². The molecule has 0 aliphatic carbocycles. The van der Waals surface area contributed by atoms with Crippen LogP contribution in [0.2, 0.25) is 0 Å². The average Bonchev–Trinajstić information content (AvgIpc) is 2.85. The Morgan fingerprint density at radius 3 is 2.30 bits per heavy atom. The number of amides is 1. The summed E-state index contributed by atoms with van der Waals surface area (Å²) in [5, 5.41) is 2.71. The van der Waals surface area contributed by atoms with E-state index >= 15 is 0 Å². The molecule has 7 heteroatoms. The van der Waals surface area contributed by atoms with Crippen LogP contribution in [0.4, 0.5) is 0 Å². The van der Waals surface area contributed by atoms with Crippen LogP contribution in [-0.2, 0) is 14.8 Å². The van der Waals surface area contributed by atoms with Crippen LogP contribution in [-0.4, -0.2) is 52.0 Å². The lowest BCUT2D eigenvalue weighted by Crippen LogP contribution is -2.32. The zero-order valence-corrected chi connectivity index (χ0v) is 14.3. The number of nitrogens with zero attached hydrogens (tertiary/aromatic N) is 1. The number of sulfonamides is 1. The second-order valence-corrected chi connectivity index (χ2v) is 7.53. The predicted molar refractivity (Wildman–Crippen MR) is 87.9 cm³/mol. The Morgan fingerprint density at radius 1 is 1.13 bits per heavy atom. The molecular formula is C16H24N2O4S. The highest BCUT2D eigenvalue weighted by Gasteiger charge is 2.25. The third kappa shape index (κ3) is 4.76. The lowest BCUT2D eigenvalue weighted by Gasteiger charge is -2.20. The van der Waals surface area contributed by atoms with E-state index in [1.165, 1.54) is 12.1 Å². The highest BCUT2D eigenvalue weighted by molar-refractivity contribution is 7.89. The van der Waals surface area contributed by atoms with Crippen LogP contribution in [0.25, 0.3) is 0 Å². The molecule has 1 fully saturated rings. The number of nitrogens with one attached hydrogen (secondary N) is 1. The van der Waals surface area contributed by atoms with E-state index in [1.807, 2.05) is 0 Å². The van der Waals surface area contributed by atoms with E-state index < -0.39 is 10.0 Å². The Bertz CT molecular complexity index is 605. The number of carbonyl (C=O) groups is 1. The molecule has 1 amide bonds. The molecule has 2 rings (SSSR count). The van der Waals surface area contributed by atoms with Crippen molar-refractivity contribution >= 4 is 15.9 Å². The monoisotopic (exact) mass is 340 g/mol. The molecule has 1 aromatic rings. The minimum Gasteiger partial charge on any atom is -0.383 e. The minimum absolute atomic E-state index is 0.235. The summed E-state index contributed by atoms with van der Waals surface area (Å²) < 4.78 is 31.7. The van der Waals surface area contributed by atoms with Gasteiger partial charge in [0.1, 0.15) is 0 Å². The van der Waals surface area contributed by atoms with Gasteiger partial charge in [0, 0.05) is 32.3 Å². The lowest BCUT2D eigenvalue weighted by atomic mass is 10.2. The fraction of sp³-hybridized carbons (Fsp3) is 0.562. The van der Waals surface area contributed by atoms with Gasteiger partial charge in [-0.05, 0) is 37.1 Å². The maximum absolute atomic E-state index is 12.6. The van der Waals surface area contributed by atoms with Gasteiger partial charge < -0.3 is 10.1 Å².